The fourth-order valence-electron chi connectivity index (χ4n) is 4.43. The fraction of sp³-hybridized carbons (Fsp3) is 0.409. The van der Waals surface area contributed by atoms with E-state index >= 15 is 0 Å². The van der Waals surface area contributed by atoms with Crippen LogP contribution >= 0.6 is 0 Å². The first-order valence-electron chi connectivity index (χ1n) is 10.4. The highest BCUT2D eigenvalue weighted by atomic mass is 16.6. The number of hydrogen-bond donors (Lipinski definition) is 3. The first-order valence-corrected chi connectivity index (χ1v) is 10.4. The number of rotatable bonds is 6. The van der Waals surface area contributed by atoms with E-state index in [1.165, 1.54) is 30.1 Å². The molecule has 0 saturated carbocycles. The van der Waals surface area contributed by atoms with Gasteiger partial charge in [-0.15, -0.1) is 0 Å². The summed E-state index contributed by atoms with van der Waals surface area (Å²) in [7, 11) is 1.50. The maximum absolute atomic E-state index is 10.4. The van der Waals surface area contributed by atoms with Crippen LogP contribution in [0.3, 0.4) is 0 Å². The zero-order valence-electron chi connectivity index (χ0n) is 17.2. The maximum Gasteiger partial charge on any atom is 0.167 e. The first kappa shape index (κ1) is 20.1. The van der Waals surface area contributed by atoms with Crippen molar-refractivity contribution in [3.8, 4) is 0 Å². The predicted octanol–water partition coefficient (Wildman–Crippen LogP) is 1.53. The van der Waals surface area contributed by atoms with Crippen molar-refractivity contribution in [3.05, 3.63) is 54.1 Å². The van der Waals surface area contributed by atoms with Crippen LogP contribution in [0.15, 0.2) is 43.0 Å². The van der Waals surface area contributed by atoms with Crippen LogP contribution in [0, 0.1) is 0 Å². The summed E-state index contributed by atoms with van der Waals surface area (Å²) in [5.74, 6) is 0.624. The number of imidazole rings is 1. The van der Waals surface area contributed by atoms with Gasteiger partial charge in [-0.3, -0.25) is 4.57 Å². The van der Waals surface area contributed by atoms with Crippen LogP contribution in [0.4, 0.5) is 5.82 Å². The average molecular weight is 423 g/mol. The summed E-state index contributed by atoms with van der Waals surface area (Å²) in [6, 6.07) is 8.46. The van der Waals surface area contributed by atoms with E-state index in [9.17, 15) is 10.2 Å². The Balaban J connectivity index is 1.41. The van der Waals surface area contributed by atoms with Crippen molar-refractivity contribution in [3.63, 3.8) is 0 Å². The van der Waals surface area contributed by atoms with Crippen molar-refractivity contribution in [1.82, 2.24) is 19.5 Å². The Morgan fingerprint density at radius 1 is 1.26 bits per heavy atom. The number of fused-ring (bicyclic) bond motifs is 2. The second kappa shape index (κ2) is 8.35. The van der Waals surface area contributed by atoms with Gasteiger partial charge in [0, 0.05) is 13.7 Å². The van der Waals surface area contributed by atoms with E-state index in [1.54, 1.807) is 10.9 Å². The number of nitrogens with one attached hydrogen (secondary N) is 1. The number of ether oxygens (including phenoxy) is 2. The van der Waals surface area contributed by atoms with E-state index in [2.05, 4.69) is 50.6 Å². The molecule has 162 valence electrons. The lowest BCUT2D eigenvalue weighted by Crippen LogP contribution is -2.34. The summed E-state index contributed by atoms with van der Waals surface area (Å²) < 4.78 is 13.0. The summed E-state index contributed by atoms with van der Waals surface area (Å²) in [5, 5.41) is 23.2. The Morgan fingerprint density at radius 2 is 2.13 bits per heavy atom. The van der Waals surface area contributed by atoms with Crippen LogP contribution in [0.5, 0.6) is 0 Å². The number of aromatic nitrogens is 4. The number of aryl methyl sites for hydroxylation is 1. The maximum atomic E-state index is 10.4. The second-order valence-corrected chi connectivity index (χ2v) is 7.76. The lowest BCUT2D eigenvalue weighted by Gasteiger charge is -2.20. The third-order valence-electron chi connectivity index (χ3n) is 6.01. The van der Waals surface area contributed by atoms with Crippen molar-refractivity contribution < 1.29 is 19.7 Å². The van der Waals surface area contributed by atoms with Crippen LogP contribution in [0.25, 0.3) is 16.7 Å². The highest BCUT2D eigenvalue weighted by Gasteiger charge is 2.45. The molecule has 5 rings (SSSR count). The monoisotopic (exact) mass is 423 g/mol. The summed E-state index contributed by atoms with van der Waals surface area (Å²) in [4.78, 5) is 13.3. The Labute approximate surface area is 179 Å². The molecule has 9 heteroatoms. The zero-order valence-corrected chi connectivity index (χ0v) is 17.2. The highest BCUT2D eigenvalue weighted by Crippen LogP contribution is 2.34. The average Bonchev–Trinajstić information content (AvgIpc) is 3.38. The highest BCUT2D eigenvalue weighted by molar-refractivity contribution is 5.84. The smallest absolute Gasteiger partial charge is 0.167 e. The third kappa shape index (κ3) is 3.49. The number of aliphatic hydroxyl groups is 2. The van der Waals surface area contributed by atoms with Crippen molar-refractivity contribution in [2.45, 2.75) is 37.4 Å². The molecule has 2 aromatic heterocycles. The molecule has 2 unspecified atom stereocenters. The van der Waals surface area contributed by atoms with Gasteiger partial charge in [0.1, 0.15) is 24.6 Å². The Hall–Kier alpha value is -2.85. The molecule has 1 aliphatic heterocycles. The Kier molecular flexibility index (Phi) is 5.41. The van der Waals surface area contributed by atoms with Gasteiger partial charge in [-0.05, 0) is 29.5 Å². The molecule has 0 amide bonds. The van der Waals surface area contributed by atoms with Crippen LogP contribution in [0.1, 0.15) is 23.8 Å². The van der Waals surface area contributed by atoms with E-state index < -0.39 is 24.5 Å². The fourth-order valence-corrected chi connectivity index (χ4v) is 4.43. The van der Waals surface area contributed by atoms with E-state index in [4.69, 9.17) is 9.47 Å². The minimum atomic E-state index is -0.949. The standard InChI is InChI=1S/C22H25N5O4/c1-30-19-18(29)16(10-28)31-22(19)27-12-26-17-20(24-11-25-21(17)27)23-9-14-7-4-6-13-5-2-3-8-15(13)14/h2-3,5,7-8,11-12,16,18-19,22,28-29H,4,6,9-10H2,1H3,(H,23,24,25)/t16-,18?,19?,22-/m1/s1. The number of hydrogen-bond acceptors (Lipinski definition) is 8. The van der Waals surface area contributed by atoms with Crippen LogP contribution in [0.2, 0.25) is 0 Å². The molecule has 0 spiro atoms. The van der Waals surface area contributed by atoms with E-state index in [-0.39, 0.29) is 6.61 Å². The summed E-state index contributed by atoms with van der Waals surface area (Å²) in [5.41, 5.74) is 5.03. The Bertz CT molecular complexity index is 1110. The van der Waals surface area contributed by atoms with Gasteiger partial charge < -0.3 is 25.0 Å². The lowest BCUT2D eigenvalue weighted by atomic mass is 9.91. The van der Waals surface area contributed by atoms with Crippen molar-refractivity contribution in [2.24, 2.45) is 0 Å². The normalized spacial score (nSPS) is 25.5. The molecule has 31 heavy (non-hydrogen) atoms. The number of allylic oxidation sites excluding steroid dienone is 1. The SMILES string of the molecule is COC1C(O)[C@@H](CO)O[C@H]1n1cnc2c(NCC3=CCCc4ccccc43)ncnc21. The van der Waals surface area contributed by atoms with E-state index in [0.29, 0.717) is 23.5 Å². The number of methoxy groups -OCH3 is 1. The molecule has 0 radical (unpaired) electrons. The minimum Gasteiger partial charge on any atom is -0.394 e. The van der Waals surface area contributed by atoms with Gasteiger partial charge in [0.2, 0.25) is 0 Å². The molecular formula is C22H25N5O4. The number of aliphatic hydroxyl groups excluding tert-OH is 2. The predicted molar refractivity (Wildman–Crippen MR) is 114 cm³/mol. The van der Waals surface area contributed by atoms with Gasteiger partial charge in [0.25, 0.3) is 0 Å². The molecule has 1 fully saturated rings. The topological polar surface area (TPSA) is 115 Å². The van der Waals surface area contributed by atoms with Crippen LogP contribution in [-0.2, 0) is 15.9 Å². The molecule has 3 heterocycles. The minimum absolute atomic E-state index is 0.303. The van der Waals surface area contributed by atoms with Crippen molar-refractivity contribution in [1.29, 1.82) is 0 Å². The van der Waals surface area contributed by atoms with Gasteiger partial charge in [0.05, 0.1) is 12.9 Å². The molecule has 3 aromatic rings. The zero-order chi connectivity index (χ0) is 21.4. The molecule has 9 nitrogen and oxygen atoms in total. The summed E-state index contributed by atoms with van der Waals surface area (Å²) >= 11 is 0. The molecule has 1 saturated heterocycles. The molecule has 4 atom stereocenters. The summed E-state index contributed by atoms with van der Waals surface area (Å²) in [6.07, 6.45) is 4.44. The third-order valence-corrected chi connectivity index (χ3v) is 6.01. The van der Waals surface area contributed by atoms with Crippen molar-refractivity contribution in [2.75, 3.05) is 25.6 Å². The lowest BCUT2D eigenvalue weighted by molar-refractivity contribution is -0.0583. The quantitative estimate of drug-likeness (QED) is 0.547. The summed E-state index contributed by atoms with van der Waals surface area (Å²) in [6.45, 7) is 0.324. The van der Waals surface area contributed by atoms with Gasteiger partial charge >= 0.3 is 0 Å². The number of anilines is 1. The molecular weight excluding hydrogens is 398 g/mol. The first-order chi connectivity index (χ1) is 15.2. The largest absolute Gasteiger partial charge is 0.394 e. The molecule has 1 aliphatic carbocycles. The van der Waals surface area contributed by atoms with Gasteiger partial charge in [-0.25, -0.2) is 15.0 Å². The molecule has 2 aliphatic rings. The van der Waals surface area contributed by atoms with Crippen LogP contribution < -0.4 is 5.32 Å². The van der Waals surface area contributed by atoms with E-state index in [0.717, 1.165) is 12.8 Å². The van der Waals surface area contributed by atoms with Gasteiger partial charge in [-0.1, -0.05) is 30.3 Å². The molecule has 0 bridgehead atoms. The number of nitrogens with zero attached hydrogens (tertiary/aromatic N) is 4. The molecule has 1 aromatic carbocycles. The van der Waals surface area contributed by atoms with Gasteiger partial charge in [0.15, 0.2) is 23.2 Å². The Morgan fingerprint density at radius 3 is 2.97 bits per heavy atom. The second-order valence-electron chi connectivity index (χ2n) is 7.76. The van der Waals surface area contributed by atoms with E-state index in [1.807, 2.05) is 0 Å². The van der Waals surface area contributed by atoms with Gasteiger partial charge in [-0.2, -0.15) is 0 Å². The van der Waals surface area contributed by atoms with Crippen molar-refractivity contribution >= 4 is 22.6 Å². The van der Waals surface area contributed by atoms with Crippen LogP contribution in [-0.4, -0.2) is 68.3 Å². The number of benzene rings is 1. The molecule has 3 N–H and O–H groups in total.